The normalized spacial score (nSPS) is 5.67. The fourth-order valence-electron chi connectivity index (χ4n) is 0. The average Bonchev–Trinajstić information content (AvgIpc) is 1.39. The summed E-state index contributed by atoms with van der Waals surface area (Å²) in [5.41, 5.74) is 0. The molecule has 6 heavy (non-hydrogen) atoms. The van der Waals surface area contributed by atoms with Crippen LogP contribution in [0, 0.1) is 0 Å². The van der Waals surface area contributed by atoms with Crippen LogP contribution < -0.4 is 10.5 Å². The molecule has 0 amide bonds. The number of hydrogen-bond acceptors (Lipinski definition) is 2. The molecule has 0 bridgehead atoms. The van der Waals surface area contributed by atoms with Gasteiger partial charge in [-0.3, -0.25) is 0 Å². The maximum absolute atomic E-state index is 4.38. The monoisotopic (exact) mass is 82.1 g/mol. The van der Waals surface area contributed by atoms with Crippen LogP contribution in [-0.4, -0.2) is 30.1 Å². The minimum atomic E-state index is 1.75. The van der Waals surface area contributed by atoms with E-state index in [0.717, 1.165) is 0 Å². The maximum atomic E-state index is 4.38. The summed E-state index contributed by atoms with van der Waals surface area (Å²) in [4.78, 5) is 0. The molecule has 32 valence electrons. The van der Waals surface area contributed by atoms with Crippen molar-refractivity contribution in [1.82, 2.24) is 10.5 Å². The molecule has 0 aromatic heterocycles. The summed E-state index contributed by atoms with van der Waals surface area (Å²) >= 11 is 0. The van der Waals surface area contributed by atoms with Crippen molar-refractivity contribution in [1.29, 1.82) is 0 Å². The smallest absolute Gasteiger partial charge is 0.163 e. The molecule has 2 N–H and O–H groups in total. The Kier molecular flexibility index (Phi) is 30.9. The largest absolute Gasteiger partial charge is 0.418 e. The standard InChI is InChI=1S/C2H7N.B2HN/c2*1-3-2/h3H,1-2H3;3H. The highest BCUT2D eigenvalue weighted by atomic mass is 14.7. The van der Waals surface area contributed by atoms with E-state index in [1.165, 1.54) is 0 Å². The quantitative estimate of drug-likeness (QED) is 0.350. The Morgan fingerprint density at radius 2 is 1.17 bits per heavy atom. The molecule has 4 heteroatoms. The van der Waals surface area contributed by atoms with Gasteiger partial charge in [-0.2, -0.15) is 0 Å². The molecular weight excluding hydrogens is 73.7 g/mol. The summed E-state index contributed by atoms with van der Waals surface area (Å²) in [6.45, 7) is 0. The molecule has 2 nitrogen and oxygen atoms in total. The highest BCUT2D eigenvalue weighted by molar-refractivity contribution is 6.25. The van der Waals surface area contributed by atoms with Crippen molar-refractivity contribution >= 4 is 16.0 Å². The topological polar surface area (TPSA) is 24.1 Å². The van der Waals surface area contributed by atoms with Crippen LogP contribution in [0.4, 0.5) is 0 Å². The Labute approximate surface area is 41.6 Å². The average molecular weight is 81.7 g/mol. The molecule has 0 aromatic carbocycles. The number of nitrogens with one attached hydrogen (secondary N) is 2. The van der Waals surface area contributed by atoms with E-state index in [1.54, 1.807) is 5.14 Å². The van der Waals surface area contributed by atoms with Crippen LogP contribution >= 0.6 is 0 Å². The van der Waals surface area contributed by atoms with Gasteiger partial charge in [0.2, 0.25) is 0 Å². The second-order valence-electron chi connectivity index (χ2n) is 0.667. The minimum absolute atomic E-state index is 1.75. The number of hydrogen-bond donors (Lipinski definition) is 2. The van der Waals surface area contributed by atoms with E-state index < -0.39 is 0 Å². The van der Waals surface area contributed by atoms with E-state index in [1.807, 2.05) is 14.1 Å². The lowest BCUT2D eigenvalue weighted by Gasteiger charge is -1.59. The van der Waals surface area contributed by atoms with Crippen LogP contribution in [0.1, 0.15) is 0 Å². The lowest BCUT2D eigenvalue weighted by molar-refractivity contribution is 1.02. The van der Waals surface area contributed by atoms with Crippen molar-refractivity contribution in [2.45, 2.75) is 0 Å². The molecule has 4 radical (unpaired) electrons. The maximum Gasteiger partial charge on any atom is 0.163 e. The van der Waals surface area contributed by atoms with E-state index in [2.05, 4.69) is 21.3 Å². The first-order chi connectivity index (χ1) is 2.83. The van der Waals surface area contributed by atoms with E-state index in [0.29, 0.717) is 0 Å². The number of rotatable bonds is 0. The molecule has 0 heterocycles. The molecule has 0 spiro atoms. The van der Waals surface area contributed by atoms with Gasteiger partial charge in [0.05, 0.1) is 0 Å². The van der Waals surface area contributed by atoms with Gasteiger partial charge in [-0.15, -0.1) is 0 Å². The molecule has 0 atom stereocenters. The molecular formula is C2H8B2N2. The third-order valence-corrected chi connectivity index (χ3v) is 0. The fraction of sp³-hybridized carbons (Fsp3) is 1.00. The zero-order valence-electron chi connectivity index (χ0n) is 4.15. The summed E-state index contributed by atoms with van der Waals surface area (Å²) in [6, 6.07) is 0. The molecule has 0 fully saturated rings. The van der Waals surface area contributed by atoms with Gasteiger partial charge in [-0.1, -0.05) is 0 Å². The van der Waals surface area contributed by atoms with E-state index in [4.69, 9.17) is 0 Å². The molecule has 0 saturated heterocycles. The van der Waals surface area contributed by atoms with Crippen LogP contribution in [0.25, 0.3) is 0 Å². The molecule has 0 rings (SSSR count). The zero-order valence-corrected chi connectivity index (χ0v) is 4.15. The van der Waals surface area contributed by atoms with Crippen molar-refractivity contribution < 1.29 is 0 Å². The second-order valence-corrected chi connectivity index (χ2v) is 0.667. The van der Waals surface area contributed by atoms with Gasteiger partial charge in [-0.25, -0.2) is 0 Å². The highest BCUT2D eigenvalue weighted by Crippen LogP contribution is 0.981. The molecule has 0 aliphatic heterocycles. The lowest BCUT2D eigenvalue weighted by Crippen LogP contribution is -1.97. The molecule has 0 unspecified atom stereocenters. The van der Waals surface area contributed by atoms with Crippen LogP contribution in [0.3, 0.4) is 0 Å². The molecule has 0 aliphatic rings. The van der Waals surface area contributed by atoms with Gasteiger partial charge in [0.25, 0.3) is 0 Å². The zero-order chi connectivity index (χ0) is 5.41. The van der Waals surface area contributed by atoms with Crippen LogP contribution in [-0.2, 0) is 0 Å². The first-order valence-electron chi connectivity index (χ1n) is 1.58. The lowest BCUT2D eigenvalue weighted by atomic mass is 10.3. The Morgan fingerprint density at radius 1 is 1.17 bits per heavy atom. The van der Waals surface area contributed by atoms with E-state index >= 15 is 0 Å². The van der Waals surface area contributed by atoms with Gasteiger partial charge in [0.15, 0.2) is 16.0 Å². The van der Waals surface area contributed by atoms with Gasteiger partial charge in [0.1, 0.15) is 0 Å². The third kappa shape index (κ3) is 15100. The van der Waals surface area contributed by atoms with Crippen molar-refractivity contribution in [3.8, 4) is 0 Å². The Bertz CT molecular complexity index is 11.5. The molecule has 0 aromatic rings. The van der Waals surface area contributed by atoms with E-state index in [-0.39, 0.29) is 0 Å². The van der Waals surface area contributed by atoms with E-state index in [9.17, 15) is 0 Å². The minimum Gasteiger partial charge on any atom is -0.418 e. The molecule has 0 saturated carbocycles. The predicted octanol–water partition coefficient (Wildman–Crippen LogP) is -1.42. The van der Waals surface area contributed by atoms with Crippen LogP contribution in [0.15, 0.2) is 0 Å². The summed E-state index contributed by atoms with van der Waals surface area (Å²) in [7, 11) is 12.5. The van der Waals surface area contributed by atoms with Crippen LogP contribution in [0.2, 0.25) is 0 Å². The first-order valence-corrected chi connectivity index (χ1v) is 1.58. The SMILES string of the molecule is CNC.[B]N[B]. The third-order valence-electron chi connectivity index (χ3n) is 0. The van der Waals surface area contributed by atoms with Gasteiger partial charge in [0, 0.05) is 0 Å². The summed E-state index contributed by atoms with van der Waals surface area (Å²) < 4.78 is 0. The van der Waals surface area contributed by atoms with Crippen molar-refractivity contribution in [2.75, 3.05) is 14.1 Å². The summed E-state index contributed by atoms with van der Waals surface area (Å²) in [5, 5.41) is 4.50. The summed E-state index contributed by atoms with van der Waals surface area (Å²) in [5.74, 6) is 0. The predicted molar refractivity (Wildman–Crippen MR) is 29.6 cm³/mol. The van der Waals surface area contributed by atoms with Gasteiger partial charge >= 0.3 is 0 Å². The summed E-state index contributed by atoms with van der Waals surface area (Å²) in [6.07, 6.45) is 0. The first kappa shape index (κ1) is 9.41. The Balaban J connectivity index is 0. The highest BCUT2D eigenvalue weighted by Gasteiger charge is 1.32. The van der Waals surface area contributed by atoms with Crippen molar-refractivity contribution in [2.24, 2.45) is 0 Å². The fourth-order valence-corrected chi connectivity index (χ4v) is 0. The van der Waals surface area contributed by atoms with Gasteiger partial charge < -0.3 is 10.5 Å². The van der Waals surface area contributed by atoms with Crippen molar-refractivity contribution in [3.63, 3.8) is 0 Å². The Hall–Kier alpha value is 0.0499. The van der Waals surface area contributed by atoms with Gasteiger partial charge in [-0.05, 0) is 14.1 Å². The Morgan fingerprint density at radius 3 is 1.17 bits per heavy atom. The van der Waals surface area contributed by atoms with Crippen LogP contribution in [0.5, 0.6) is 0 Å². The second kappa shape index (κ2) is 19.7. The molecule has 0 aliphatic carbocycles. The van der Waals surface area contributed by atoms with Crippen molar-refractivity contribution in [3.05, 3.63) is 0 Å².